The number of fused-ring (bicyclic) bond motifs is 6. The number of aromatic nitrogens is 4. The van der Waals surface area contributed by atoms with Crippen molar-refractivity contribution in [1.82, 2.24) is 19.9 Å². The maximum absolute atomic E-state index is 10.5. The molecule has 0 fully saturated rings. The standard InChI is InChI=1S/2C12H8N2.2C7H6O5S.2C7H6O2.2Eu/c2*1-3-9-5-6-10-4-2-8-14-12(10)11(9)13-7-1;2*8-7(9)5-3-1-2-4-6(5)13(10,11)12;2*8-7(9)6-4-2-1-3-5-6;;/h2*1-8H;2*1-4H,(H,8,9)(H,10,11,12);2*1-5H,(H,8,9);;/q;;;;;;2*+3/p-6. The van der Waals surface area contributed by atoms with Crippen LogP contribution in [-0.4, -0.2) is 69.8 Å². The molecule has 0 unspecified atom stereocenters. The molecule has 0 amide bonds. The fourth-order valence-corrected chi connectivity index (χ4v) is 7.55. The van der Waals surface area contributed by atoms with Crippen LogP contribution in [0.3, 0.4) is 0 Å². The number of benzene rings is 6. The van der Waals surface area contributed by atoms with Gasteiger partial charge < -0.3 is 48.7 Å². The normalized spacial score (nSPS) is 10.2. The monoisotopic (exact) mass is 1310 g/mol. The van der Waals surface area contributed by atoms with Gasteiger partial charge in [-0.1, -0.05) is 146 Å². The van der Waals surface area contributed by atoms with Crippen molar-refractivity contribution in [2.45, 2.75) is 9.79 Å². The summed E-state index contributed by atoms with van der Waals surface area (Å²) in [7, 11) is -9.50. The Morgan fingerprint density at radius 1 is 0.311 bits per heavy atom. The molecule has 0 aliphatic rings. The molecule has 18 nitrogen and oxygen atoms in total. The van der Waals surface area contributed by atoms with E-state index >= 15 is 0 Å². The topological polar surface area (TPSA) is 326 Å². The van der Waals surface area contributed by atoms with Crippen LogP contribution in [0.5, 0.6) is 0 Å². The molecule has 6 aromatic carbocycles. The van der Waals surface area contributed by atoms with E-state index in [4.69, 9.17) is 0 Å². The number of rotatable bonds is 6. The van der Waals surface area contributed by atoms with Crippen molar-refractivity contribution in [2.24, 2.45) is 0 Å². The summed E-state index contributed by atoms with van der Waals surface area (Å²) in [6.07, 6.45) is 7.21. The van der Waals surface area contributed by atoms with E-state index in [1.807, 2.05) is 24.3 Å². The summed E-state index contributed by atoms with van der Waals surface area (Å²) >= 11 is 0. The number of carbonyl (C=O) groups is 4. The van der Waals surface area contributed by atoms with Crippen molar-refractivity contribution < 1.29 is 164 Å². The number of carboxylic acid groups (broad SMARTS) is 4. The van der Waals surface area contributed by atoms with Crippen molar-refractivity contribution in [2.75, 3.05) is 0 Å². The maximum Gasteiger partial charge on any atom is 3.00 e. The average Bonchev–Trinajstić information content (AvgIpc) is 3.39. The Balaban J connectivity index is 0.000000235. The first-order chi connectivity index (χ1) is 34.4. The molecule has 10 aromatic rings. The van der Waals surface area contributed by atoms with Crippen LogP contribution in [-0.2, 0) is 20.2 Å². The van der Waals surface area contributed by atoms with Crippen LogP contribution in [0.15, 0.2) is 217 Å². The Morgan fingerprint density at radius 2 is 0.554 bits per heavy atom. The molecular formula is C52H34Eu2N4O14S2. The van der Waals surface area contributed by atoms with Gasteiger partial charge in [0.2, 0.25) is 0 Å². The first kappa shape index (κ1) is 62.1. The van der Waals surface area contributed by atoms with E-state index in [9.17, 15) is 65.5 Å². The van der Waals surface area contributed by atoms with E-state index in [0.29, 0.717) is 0 Å². The molecule has 74 heavy (non-hydrogen) atoms. The smallest absolute Gasteiger partial charge is 0.744 e. The first-order valence-electron chi connectivity index (χ1n) is 20.6. The van der Waals surface area contributed by atoms with E-state index in [0.717, 1.165) is 67.9 Å². The molecule has 0 aliphatic heterocycles. The minimum absolute atomic E-state index is 0. The quantitative estimate of drug-likeness (QED) is 0.170. The van der Waals surface area contributed by atoms with Crippen LogP contribution in [0.25, 0.3) is 43.6 Å². The number of pyridine rings is 4. The van der Waals surface area contributed by atoms with Crippen LogP contribution >= 0.6 is 0 Å². The third-order valence-corrected chi connectivity index (χ3v) is 11.3. The first-order valence-corrected chi connectivity index (χ1v) is 23.4. The van der Waals surface area contributed by atoms with Gasteiger partial charge in [-0.2, -0.15) is 0 Å². The van der Waals surface area contributed by atoms with Crippen molar-refractivity contribution in [1.29, 1.82) is 0 Å². The number of aromatic carboxylic acids is 4. The molecule has 0 saturated carbocycles. The second-order valence-electron chi connectivity index (χ2n) is 14.2. The fourth-order valence-electron chi connectivity index (χ4n) is 6.21. The largest absolute Gasteiger partial charge is 3.00 e. The zero-order chi connectivity index (χ0) is 52.3. The van der Waals surface area contributed by atoms with E-state index in [-0.39, 0.29) is 110 Å². The summed E-state index contributed by atoms with van der Waals surface area (Å²) < 4.78 is 63.1. The Hall–Kier alpha value is -6.17. The number of nitrogens with zero attached hydrogens (tertiary/aromatic N) is 4. The SMILES string of the molecule is O=C([O-])c1ccccc1.O=C([O-])c1ccccc1.O=C([O-])c1ccccc1S(=O)(=O)[O-].O=C([O-])c1ccccc1S(=O)(=O)[O-].[Eu+3].[Eu+3].c1cnc2c(c1)ccc1cccnc12.c1cnc2c(c1)ccc1cccnc12. The summed E-state index contributed by atoms with van der Waals surface area (Å²) in [5.74, 6) is -5.63. The summed E-state index contributed by atoms with van der Waals surface area (Å²) in [5, 5.41) is 45.4. The minimum atomic E-state index is -4.75. The van der Waals surface area contributed by atoms with Crippen LogP contribution in [0, 0.1) is 98.8 Å². The van der Waals surface area contributed by atoms with E-state index in [1.54, 1.807) is 61.2 Å². The Bertz CT molecular complexity index is 3390. The van der Waals surface area contributed by atoms with E-state index < -0.39 is 65.0 Å². The van der Waals surface area contributed by atoms with Gasteiger partial charge in [-0.3, -0.25) is 19.9 Å². The van der Waals surface area contributed by atoms with Gasteiger partial charge in [0, 0.05) is 57.5 Å². The molecule has 0 spiro atoms. The van der Waals surface area contributed by atoms with Crippen molar-refractivity contribution in [3.05, 3.63) is 229 Å². The molecule has 0 atom stereocenters. The zero-order valence-corrected chi connectivity index (χ0v) is 44.2. The summed E-state index contributed by atoms with van der Waals surface area (Å²) in [5.41, 5.74) is 3.12. The molecule has 10 rings (SSSR count). The molecule has 0 N–H and O–H groups in total. The van der Waals surface area contributed by atoms with Crippen LogP contribution in [0.4, 0.5) is 0 Å². The average molecular weight is 1310 g/mol. The van der Waals surface area contributed by atoms with E-state index in [1.165, 1.54) is 48.5 Å². The van der Waals surface area contributed by atoms with Crippen molar-refractivity contribution in [3.8, 4) is 0 Å². The molecule has 4 aromatic heterocycles. The Morgan fingerprint density at radius 3 is 0.757 bits per heavy atom. The van der Waals surface area contributed by atoms with Gasteiger partial charge in [-0.25, -0.2) is 16.8 Å². The minimum Gasteiger partial charge on any atom is -0.744 e. The van der Waals surface area contributed by atoms with Crippen LogP contribution in [0.1, 0.15) is 41.4 Å². The Labute approximate surface area is 504 Å². The zero-order valence-electron chi connectivity index (χ0n) is 37.7. The molecule has 0 saturated heterocycles. The third kappa shape index (κ3) is 18.6. The van der Waals surface area contributed by atoms with Gasteiger partial charge in [0.05, 0.1) is 55.7 Å². The van der Waals surface area contributed by atoms with Gasteiger partial charge in [0.15, 0.2) is 0 Å². The van der Waals surface area contributed by atoms with Gasteiger partial charge >= 0.3 is 98.8 Å². The summed E-state index contributed by atoms with van der Waals surface area (Å²) in [4.78, 5) is 56.7. The predicted molar refractivity (Wildman–Crippen MR) is 253 cm³/mol. The number of hydrogen-bond donors (Lipinski definition) is 0. The summed E-state index contributed by atoms with van der Waals surface area (Å²) in [6, 6.07) is 49.4. The van der Waals surface area contributed by atoms with E-state index in [2.05, 4.69) is 68.5 Å². The molecule has 0 aliphatic carbocycles. The second kappa shape index (κ2) is 30.3. The van der Waals surface area contributed by atoms with Crippen molar-refractivity contribution >= 4 is 87.7 Å². The maximum atomic E-state index is 10.5. The van der Waals surface area contributed by atoms with Gasteiger partial charge in [0.25, 0.3) is 0 Å². The fraction of sp³-hybridized carbons (Fsp3) is 0. The second-order valence-corrected chi connectivity index (χ2v) is 16.9. The Kier molecular flexibility index (Phi) is 25.4. The molecular weight excluding hydrogens is 1270 g/mol. The third-order valence-electron chi connectivity index (χ3n) is 9.46. The number of carboxylic acids is 4. The van der Waals surface area contributed by atoms with Crippen LogP contribution < -0.4 is 20.4 Å². The van der Waals surface area contributed by atoms with Gasteiger partial charge in [-0.15, -0.1) is 0 Å². The molecule has 4 heterocycles. The van der Waals surface area contributed by atoms with Gasteiger partial charge in [0.1, 0.15) is 20.2 Å². The molecule has 372 valence electrons. The molecule has 0 bridgehead atoms. The molecule has 0 radical (unpaired) electrons. The number of hydrogen-bond acceptors (Lipinski definition) is 18. The predicted octanol–water partition coefficient (Wildman–Crippen LogP) is 3.57. The molecule has 22 heteroatoms. The van der Waals surface area contributed by atoms with Crippen LogP contribution in [0.2, 0.25) is 0 Å². The van der Waals surface area contributed by atoms with Crippen molar-refractivity contribution in [3.63, 3.8) is 0 Å². The summed E-state index contributed by atoms with van der Waals surface area (Å²) in [6.45, 7) is 0. The van der Waals surface area contributed by atoms with Gasteiger partial charge in [-0.05, 0) is 47.5 Å². The number of carbonyl (C=O) groups excluding carboxylic acids is 4.